The van der Waals surface area contributed by atoms with Gasteiger partial charge in [-0.15, -0.1) is 5.92 Å². The Balaban J connectivity index is 4.77. The zero-order chi connectivity index (χ0) is 18.8. The second-order valence-corrected chi connectivity index (χ2v) is 7.49. The molecule has 0 heterocycles. The molecule has 0 aliphatic heterocycles. The van der Waals surface area contributed by atoms with Crippen molar-refractivity contribution in [3.05, 3.63) is 0 Å². The third kappa shape index (κ3) is 12.6. The van der Waals surface area contributed by atoms with Gasteiger partial charge in [0, 0.05) is 6.42 Å². The first kappa shape index (κ1) is 22.1. The van der Waals surface area contributed by atoms with Gasteiger partial charge in [0.1, 0.15) is 17.7 Å². The van der Waals surface area contributed by atoms with E-state index >= 15 is 0 Å². The molecule has 0 spiro atoms. The predicted molar refractivity (Wildman–Crippen MR) is 94.2 cm³/mol. The molecule has 0 aromatic carbocycles. The number of hydrazine groups is 1. The molecule has 6 heteroatoms. The van der Waals surface area contributed by atoms with Crippen LogP contribution in [0.1, 0.15) is 74.1 Å². The van der Waals surface area contributed by atoms with Crippen LogP contribution in [-0.4, -0.2) is 34.9 Å². The maximum atomic E-state index is 12.2. The van der Waals surface area contributed by atoms with Gasteiger partial charge < -0.3 is 9.47 Å². The van der Waals surface area contributed by atoms with Crippen molar-refractivity contribution in [3.63, 3.8) is 0 Å². The largest absolute Gasteiger partial charge is 0.443 e. The minimum atomic E-state index is -0.721. The van der Waals surface area contributed by atoms with E-state index in [0.717, 1.165) is 30.7 Å². The smallest absolute Gasteiger partial charge is 0.430 e. The van der Waals surface area contributed by atoms with E-state index < -0.39 is 23.4 Å². The molecule has 0 aliphatic rings. The van der Waals surface area contributed by atoms with Crippen molar-refractivity contribution >= 4 is 12.2 Å². The summed E-state index contributed by atoms with van der Waals surface area (Å²) in [6, 6.07) is 0. The Morgan fingerprint density at radius 1 is 0.958 bits per heavy atom. The van der Waals surface area contributed by atoms with Gasteiger partial charge in [-0.05, 0) is 48.0 Å². The Kier molecular flexibility index (Phi) is 9.27. The molecule has 1 N–H and O–H groups in total. The van der Waals surface area contributed by atoms with Gasteiger partial charge in [0.25, 0.3) is 0 Å². The molecule has 0 unspecified atom stereocenters. The van der Waals surface area contributed by atoms with E-state index in [1.807, 2.05) is 0 Å². The average Bonchev–Trinajstić information content (AvgIpc) is 2.37. The molecule has 0 atom stereocenters. The highest BCUT2D eigenvalue weighted by Crippen LogP contribution is 2.10. The van der Waals surface area contributed by atoms with Crippen molar-refractivity contribution in [2.24, 2.45) is 0 Å². The molecule has 0 aromatic rings. The molecule has 0 rings (SSSR count). The van der Waals surface area contributed by atoms with Crippen LogP contribution < -0.4 is 5.43 Å². The van der Waals surface area contributed by atoms with Gasteiger partial charge in [-0.25, -0.2) is 20.0 Å². The molecule has 6 nitrogen and oxygen atoms in total. The fourth-order valence-corrected chi connectivity index (χ4v) is 1.56. The van der Waals surface area contributed by atoms with Crippen molar-refractivity contribution in [3.8, 4) is 11.8 Å². The topological polar surface area (TPSA) is 67.9 Å². The summed E-state index contributed by atoms with van der Waals surface area (Å²) in [6.07, 6.45) is 2.65. The van der Waals surface area contributed by atoms with Crippen LogP contribution in [0.3, 0.4) is 0 Å². The minimum absolute atomic E-state index is 0.0419. The van der Waals surface area contributed by atoms with Gasteiger partial charge >= 0.3 is 12.2 Å². The van der Waals surface area contributed by atoms with Gasteiger partial charge in [-0.3, -0.25) is 0 Å². The highest BCUT2D eigenvalue weighted by molar-refractivity contribution is 5.74. The van der Waals surface area contributed by atoms with Crippen molar-refractivity contribution < 1.29 is 19.1 Å². The molecular weight excluding hydrogens is 308 g/mol. The lowest BCUT2D eigenvalue weighted by Gasteiger charge is -2.27. The van der Waals surface area contributed by atoms with E-state index in [0.29, 0.717) is 0 Å². The molecule has 0 aromatic heterocycles. The average molecular weight is 340 g/mol. The maximum Gasteiger partial charge on any atom is 0.430 e. The lowest BCUT2D eigenvalue weighted by molar-refractivity contribution is 0.00453. The molecule has 0 saturated carbocycles. The Morgan fingerprint density at radius 3 is 2.04 bits per heavy atom. The number of carbonyl (C=O) groups excluding carboxylic acids is 2. The summed E-state index contributed by atoms with van der Waals surface area (Å²) in [7, 11) is 0. The summed E-state index contributed by atoms with van der Waals surface area (Å²) in [5.74, 6) is 5.88. The maximum absolute atomic E-state index is 12.2. The summed E-state index contributed by atoms with van der Waals surface area (Å²) in [5, 5.41) is 1.03. The van der Waals surface area contributed by atoms with Crippen LogP contribution in [0.25, 0.3) is 0 Å². The van der Waals surface area contributed by atoms with E-state index in [9.17, 15) is 9.59 Å². The molecule has 0 aliphatic carbocycles. The van der Waals surface area contributed by atoms with Crippen molar-refractivity contribution in [2.45, 2.75) is 85.4 Å². The second-order valence-electron chi connectivity index (χ2n) is 7.49. The van der Waals surface area contributed by atoms with Crippen LogP contribution in [0.2, 0.25) is 0 Å². The number of carbonyl (C=O) groups is 2. The highest BCUT2D eigenvalue weighted by Gasteiger charge is 2.25. The number of amides is 2. The Bertz CT molecular complexity index is 464. The quantitative estimate of drug-likeness (QED) is 0.472. The van der Waals surface area contributed by atoms with E-state index in [2.05, 4.69) is 24.2 Å². The van der Waals surface area contributed by atoms with Crippen molar-refractivity contribution in [2.75, 3.05) is 6.54 Å². The standard InChI is InChI=1S/C18H32N2O4/c1-8-9-10-11-12-13-14-20(16(22)24-18(5,6)7)19-15(21)23-17(2,3)4/h8-11,14H2,1-7H3,(H,19,21). The zero-order valence-corrected chi connectivity index (χ0v) is 16.1. The monoisotopic (exact) mass is 340 g/mol. The van der Waals surface area contributed by atoms with Gasteiger partial charge in [0.05, 0.1) is 0 Å². The summed E-state index contributed by atoms with van der Waals surface area (Å²) < 4.78 is 10.4. The van der Waals surface area contributed by atoms with Gasteiger partial charge in [-0.1, -0.05) is 25.7 Å². The Hall–Kier alpha value is -1.90. The van der Waals surface area contributed by atoms with Crippen LogP contribution in [0.4, 0.5) is 9.59 Å². The van der Waals surface area contributed by atoms with Gasteiger partial charge in [-0.2, -0.15) is 0 Å². The molecule has 0 fully saturated rings. The zero-order valence-electron chi connectivity index (χ0n) is 16.1. The highest BCUT2D eigenvalue weighted by atomic mass is 16.6. The van der Waals surface area contributed by atoms with Gasteiger partial charge in [0.15, 0.2) is 0 Å². The second kappa shape index (κ2) is 10.1. The summed E-state index contributed by atoms with van der Waals surface area (Å²) in [5.41, 5.74) is 1.07. The van der Waals surface area contributed by atoms with Gasteiger partial charge in [0.2, 0.25) is 0 Å². The van der Waals surface area contributed by atoms with Crippen LogP contribution in [0.5, 0.6) is 0 Å². The molecule has 24 heavy (non-hydrogen) atoms. The first-order chi connectivity index (χ1) is 10.9. The van der Waals surface area contributed by atoms with Crippen molar-refractivity contribution in [1.82, 2.24) is 10.4 Å². The predicted octanol–water partition coefficient (Wildman–Crippen LogP) is 4.25. The Morgan fingerprint density at radius 2 is 1.54 bits per heavy atom. The van der Waals surface area contributed by atoms with Crippen LogP contribution in [-0.2, 0) is 9.47 Å². The van der Waals surface area contributed by atoms with E-state index in [1.54, 1.807) is 41.5 Å². The first-order valence-corrected chi connectivity index (χ1v) is 8.40. The van der Waals surface area contributed by atoms with Crippen LogP contribution >= 0.6 is 0 Å². The molecule has 0 bridgehead atoms. The third-order valence-electron chi connectivity index (χ3n) is 2.51. The SMILES string of the molecule is CCCCCC#CCN(NC(=O)OC(C)(C)C)C(=O)OC(C)(C)C. The lowest BCUT2D eigenvalue weighted by atomic mass is 10.2. The fraction of sp³-hybridized carbons (Fsp3) is 0.778. The number of rotatable bonds is 4. The Labute approximate surface area is 146 Å². The normalized spacial score (nSPS) is 11.1. The molecular formula is C18H32N2O4. The number of nitrogens with one attached hydrogen (secondary N) is 1. The summed E-state index contributed by atoms with van der Waals surface area (Å²) in [4.78, 5) is 24.1. The lowest BCUT2D eigenvalue weighted by Crippen LogP contribution is -2.49. The van der Waals surface area contributed by atoms with E-state index in [-0.39, 0.29) is 6.54 Å². The van der Waals surface area contributed by atoms with Crippen molar-refractivity contribution in [1.29, 1.82) is 0 Å². The molecule has 2 amide bonds. The number of nitrogens with zero attached hydrogens (tertiary/aromatic N) is 1. The summed E-state index contributed by atoms with van der Waals surface area (Å²) in [6.45, 7) is 12.7. The van der Waals surface area contributed by atoms with E-state index in [1.165, 1.54) is 0 Å². The molecule has 0 saturated heterocycles. The number of hydrogen-bond acceptors (Lipinski definition) is 4. The minimum Gasteiger partial charge on any atom is -0.443 e. The van der Waals surface area contributed by atoms with Crippen LogP contribution in [0.15, 0.2) is 0 Å². The molecule has 0 radical (unpaired) electrons. The molecule has 138 valence electrons. The van der Waals surface area contributed by atoms with E-state index in [4.69, 9.17) is 9.47 Å². The number of ether oxygens (including phenoxy) is 2. The number of hydrogen-bond donors (Lipinski definition) is 1. The first-order valence-electron chi connectivity index (χ1n) is 8.40. The fourth-order valence-electron chi connectivity index (χ4n) is 1.56. The summed E-state index contributed by atoms with van der Waals surface area (Å²) >= 11 is 0. The number of unbranched alkanes of at least 4 members (excludes halogenated alkanes) is 3. The third-order valence-corrected chi connectivity index (χ3v) is 2.51. The van der Waals surface area contributed by atoms with Crippen LogP contribution in [0, 0.1) is 11.8 Å².